The number of alkyl halides is 3. The number of nitrogens with two attached hydrogens (primary N) is 1. The Bertz CT molecular complexity index is 697. The maximum Gasteiger partial charge on any atom is 0.393 e. The predicted molar refractivity (Wildman–Crippen MR) is 75.7 cm³/mol. The van der Waals surface area contributed by atoms with Gasteiger partial charge in [-0.05, 0) is 18.2 Å². The van der Waals surface area contributed by atoms with Gasteiger partial charge in [0, 0.05) is 36.8 Å². The van der Waals surface area contributed by atoms with Crippen molar-refractivity contribution in [1.82, 2.24) is 20.3 Å². The summed E-state index contributed by atoms with van der Waals surface area (Å²) >= 11 is 0. The van der Waals surface area contributed by atoms with Crippen molar-refractivity contribution in [2.24, 2.45) is 11.8 Å². The highest BCUT2D eigenvalue weighted by Crippen LogP contribution is 2.35. The average Bonchev–Trinajstić information content (AvgIpc) is 3.11. The monoisotopic (exact) mass is 329 g/mol. The van der Waals surface area contributed by atoms with Crippen molar-refractivity contribution in [2.75, 3.05) is 18.8 Å². The highest BCUT2D eigenvalue weighted by atomic mass is 19.4. The number of hydrogen-bond acceptors (Lipinski definition) is 4. The lowest BCUT2D eigenvalue weighted by molar-refractivity contribution is -0.180. The number of nitrogens with zero attached hydrogens (tertiary/aromatic N) is 3. The SMILES string of the molecule is Nc1ccc(F)c(-c2cn(C[C@@H]3CNC[C@H]3C(F)(F)F)nn2)c1. The minimum atomic E-state index is -4.25. The number of aromatic nitrogens is 3. The van der Waals surface area contributed by atoms with Crippen LogP contribution in [0.1, 0.15) is 0 Å². The molecule has 23 heavy (non-hydrogen) atoms. The molecule has 0 unspecified atom stereocenters. The smallest absolute Gasteiger partial charge is 0.393 e. The minimum absolute atomic E-state index is 0.0636. The van der Waals surface area contributed by atoms with Gasteiger partial charge in [-0.2, -0.15) is 13.2 Å². The van der Waals surface area contributed by atoms with E-state index in [0.717, 1.165) is 0 Å². The van der Waals surface area contributed by atoms with Gasteiger partial charge in [0.25, 0.3) is 0 Å². The van der Waals surface area contributed by atoms with Crippen LogP contribution >= 0.6 is 0 Å². The van der Waals surface area contributed by atoms with Crippen LogP contribution in [-0.4, -0.2) is 34.3 Å². The molecule has 1 aromatic heterocycles. The second-order valence-electron chi connectivity index (χ2n) is 5.63. The molecule has 1 aromatic carbocycles. The first kappa shape index (κ1) is 15.7. The van der Waals surface area contributed by atoms with Crippen LogP contribution in [0.5, 0.6) is 0 Å². The van der Waals surface area contributed by atoms with E-state index >= 15 is 0 Å². The third-order valence-corrected chi connectivity index (χ3v) is 3.99. The van der Waals surface area contributed by atoms with Crippen LogP contribution in [0.15, 0.2) is 24.4 Å². The number of nitrogens with one attached hydrogen (secondary N) is 1. The van der Waals surface area contributed by atoms with Crippen molar-refractivity contribution < 1.29 is 17.6 Å². The summed E-state index contributed by atoms with van der Waals surface area (Å²) in [5.41, 5.74) is 6.40. The number of anilines is 1. The van der Waals surface area contributed by atoms with Gasteiger partial charge < -0.3 is 11.1 Å². The predicted octanol–water partition coefficient (Wildman–Crippen LogP) is 2.06. The third-order valence-electron chi connectivity index (χ3n) is 3.99. The Morgan fingerprint density at radius 2 is 2.09 bits per heavy atom. The zero-order chi connectivity index (χ0) is 16.6. The summed E-state index contributed by atoms with van der Waals surface area (Å²) in [4.78, 5) is 0. The van der Waals surface area contributed by atoms with Gasteiger partial charge in [-0.15, -0.1) is 5.10 Å². The summed E-state index contributed by atoms with van der Waals surface area (Å²) in [6.45, 7) is 0.222. The van der Waals surface area contributed by atoms with E-state index in [4.69, 9.17) is 5.73 Å². The van der Waals surface area contributed by atoms with Gasteiger partial charge in [0.15, 0.2) is 0 Å². The lowest BCUT2D eigenvalue weighted by Gasteiger charge is -2.20. The van der Waals surface area contributed by atoms with Crippen molar-refractivity contribution in [1.29, 1.82) is 0 Å². The molecule has 5 nitrogen and oxygen atoms in total. The van der Waals surface area contributed by atoms with Gasteiger partial charge in [0.2, 0.25) is 0 Å². The van der Waals surface area contributed by atoms with Gasteiger partial charge in [0.1, 0.15) is 11.5 Å². The molecule has 1 saturated heterocycles. The zero-order valence-electron chi connectivity index (χ0n) is 12.0. The Balaban J connectivity index is 1.79. The van der Waals surface area contributed by atoms with Crippen molar-refractivity contribution in [3.05, 3.63) is 30.2 Å². The van der Waals surface area contributed by atoms with E-state index in [0.29, 0.717) is 5.69 Å². The van der Waals surface area contributed by atoms with Crippen molar-refractivity contribution in [2.45, 2.75) is 12.7 Å². The summed E-state index contributed by atoms with van der Waals surface area (Å²) in [5, 5.41) is 10.4. The first-order valence-corrected chi connectivity index (χ1v) is 7.07. The van der Waals surface area contributed by atoms with Crippen LogP contribution in [0.25, 0.3) is 11.3 Å². The third kappa shape index (κ3) is 3.29. The minimum Gasteiger partial charge on any atom is -0.399 e. The molecule has 2 heterocycles. The van der Waals surface area contributed by atoms with Crippen LogP contribution < -0.4 is 11.1 Å². The standard InChI is InChI=1S/C14H15F4N5/c15-12-2-1-9(19)3-10(12)13-7-23(22-21-13)6-8-4-20-5-11(8)14(16,17)18/h1-3,7-8,11,20H,4-6,19H2/t8-,11+/m0/s1. The summed E-state index contributed by atoms with van der Waals surface area (Å²) in [6.07, 6.45) is -2.82. The van der Waals surface area contributed by atoms with E-state index in [2.05, 4.69) is 15.6 Å². The number of rotatable bonds is 3. The molecule has 0 bridgehead atoms. The van der Waals surface area contributed by atoms with Gasteiger partial charge in [-0.1, -0.05) is 5.21 Å². The fraction of sp³-hybridized carbons (Fsp3) is 0.429. The molecular weight excluding hydrogens is 314 g/mol. The fourth-order valence-corrected chi connectivity index (χ4v) is 2.80. The van der Waals surface area contributed by atoms with E-state index in [-0.39, 0.29) is 30.9 Å². The molecule has 1 aliphatic heterocycles. The molecular formula is C14H15F4N5. The van der Waals surface area contributed by atoms with Crippen LogP contribution in [0.4, 0.5) is 23.2 Å². The summed E-state index contributed by atoms with van der Waals surface area (Å²) in [7, 11) is 0. The number of hydrogen-bond donors (Lipinski definition) is 2. The molecule has 2 aromatic rings. The van der Waals surface area contributed by atoms with E-state index in [1.807, 2.05) is 0 Å². The highest BCUT2D eigenvalue weighted by Gasteiger charge is 2.47. The number of nitrogen functional groups attached to an aromatic ring is 1. The molecule has 0 amide bonds. The maximum atomic E-state index is 13.8. The zero-order valence-corrected chi connectivity index (χ0v) is 12.0. The average molecular weight is 329 g/mol. The van der Waals surface area contributed by atoms with Gasteiger partial charge in [-0.3, -0.25) is 4.68 Å². The van der Waals surface area contributed by atoms with Crippen LogP contribution in [0, 0.1) is 17.7 Å². The van der Waals surface area contributed by atoms with Crippen molar-refractivity contribution in [3.8, 4) is 11.3 Å². The van der Waals surface area contributed by atoms with Gasteiger partial charge >= 0.3 is 6.18 Å². The van der Waals surface area contributed by atoms with Crippen LogP contribution in [0.3, 0.4) is 0 Å². The molecule has 1 fully saturated rings. The topological polar surface area (TPSA) is 68.8 Å². The second kappa shape index (κ2) is 5.80. The maximum absolute atomic E-state index is 13.8. The van der Waals surface area contributed by atoms with E-state index in [1.54, 1.807) is 0 Å². The molecule has 3 N–H and O–H groups in total. The summed E-state index contributed by atoms with van der Waals surface area (Å²) < 4.78 is 53.9. The Morgan fingerprint density at radius 1 is 1.30 bits per heavy atom. The fourth-order valence-electron chi connectivity index (χ4n) is 2.80. The first-order valence-electron chi connectivity index (χ1n) is 7.07. The van der Waals surface area contributed by atoms with E-state index in [1.165, 1.54) is 29.1 Å². The van der Waals surface area contributed by atoms with Crippen molar-refractivity contribution in [3.63, 3.8) is 0 Å². The second-order valence-corrected chi connectivity index (χ2v) is 5.63. The quantitative estimate of drug-likeness (QED) is 0.668. The Morgan fingerprint density at radius 3 is 2.83 bits per heavy atom. The lowest BCUT2D eigenvalue weighted by Crippen LogP contribution is -2.32. The van der Waals surface area contributed by atoms with Gasteiger partial charge in [0.05, 0.1) is 12.1 Å². The molecule has 2 atom stereocenters. The Hall–Kier alpha value is -2.16. The molecule has 0 saturated carbocycles. The Labute approximate surface area is 129 Å². The first-order chi connectivity index (χ1) is 10.8. The molecule has 1 aliphatic rings. The molecule has 0 radical (unpaired) electrons. The normalized spacial score (nSPS) is 21.7. The van der Waals surface area contributed by atoms with E-state index in [9.17, 15) is 17.6 Å². The molecule has 124 valence electrons. The van der Waals surface area contributed by atoms with Crippen LogP contribution in [-0.2, 0) is 6.54 Å². The molecule has 3 rings (SSSR count). The Kier molecular flexibility index (Phi) is 3.97. The largest absolute Gasteiger partial charge is 0.399 e. The summed E-state index contributed by atoms with van der Waals surface area (Å²) in [5.74, 6) is -2.56. The molecule has 9 heteroatoms. The van der Waals surface area contributed by atoms with Crippen molar-refractivity contribution >= 4 is 5.69 Å². The van der Waals surface area contributed by atoms with Crippen LogP contribution in [0.2, 0.25) is 0 Å². The van der Waals surface area contributed by atoms with E-state index < -0.39 is 23.8 Å². The summed E-state index contributed by atoms with van der Waals surface area (Å²) in [6, 6.07) is 4.05. The lowest BCUT2D eigenvalue weighted by atomic mass is 9.95. The highest BCUT2D eigenvalue weighted by molar-refractivity contribution is 5.63. The molecule has 0 spiro atoms. The number of halogens is 4. The van der Waals surface area contributed by atoms with Gasteiger partial charge in [-0.25, -0.2) is 4.39 Å². The number of benzene rings is 1. The molecule has 0 aliphatic carbocycles.